The molecule has 0 aliphatic carbocycles. The molecule has 1 saturated heterocycles. The van der Waals surface area contributed by atoms with Crippen molar-refractivity contribution in [1.82, 2.24) is 4.90 Å². The maximum Gasteiger partial charge on any atom is 0.293 e. The SMILES string of the molecule is O=C(COc1cccc(/C=C2\SC(=O)N(Cc3ccc(Cl)cc3)C2=O)c1)Nc1ccccc1. The van der Waals surface area contributed by atoms with E-state index in [0.29, 0.717) is 26.9 Å². The minimum absolute atomic E-state index is 0.157. The molecule has 0 bridgehead atoms. The second-order valence-electron chi connectivity index (χ2n) is 7.17. The van der Waals surface area contributed by atoms with Crippen LogP contribution in [0.25, 0.3) is 6.08 Å². The van der Waals surface area contributed by atoms with Crippen molar-refractivity contribution in [1.29, 1.82) is 0 Å². The van der Waals surface area contributed by atoms with E-state index in [1.54, 1.807) is 66.7 Å². The van der Waals surface area contributed by atoms with Crippen molar-refractivity contribution in [2.75, 3.05) is 11.9 Å². The van der Waals surface area contributed by atoms with Gasteiger partial charge < -0.3 is 10.1 Å². The lowest BCUT2D eigenvalue weighted by Gasteiger charge is -2.12. The molecule has 3 aromatic carbocycles. The van der Waals surface area contributed by atoms with Gasteiger partial charge in [-0.3, -0.25) is 19.3 Å². The van der Waals surface area contributed by atoms with Gasteiger partial charge >= 0.3 is 0 Å². The van der Waals surface area contributed by atoms with Crippen LogP contribution in [-0.2, 0) is 16.1 Å². The maximum absolute atomic E-state index is 12.8. The van der Waals surface area contributed by atoms with E-state index in [0.717, 1.165) is 17.3 Å². The van der Waals surface area contributed by atoms with Crippen molar-refractivity contribution in [3.63, 3.8) is 0 Å². The summed E-state index contributed by atoms with van der Waals surface area (Å²) in [6, 6.07) is 23.1. The second kappa shape index (κ2) is 10.4. The van der Waals surface area contributed by atoms with Crippen LogP contribution in [0.15, 0.2) is 83.8 Å². The summed E-state index contributed by atoms with van der Waals surface area (Å²) in [4.78, 5) is 38.8. The number of ether oxygens (including phenoxy) is 1. The number of amides is 3. The Labute approximate surface area is 200 Å². The second-order valence-corrected chi connectivity index (χ2v) is 8.60. The summed E-state index contributed by atoms with van der Waals surface area (Å²) in [7, 11) is 0. The van der Waals surface area contributed by atoms with Gasteiger partial charge in [0.05, 0.1) is 11.4 Å². The molecule has 8 heteroatoms. The first kappa shape index (κ1) is 22.6. The highest BCUT2D eigenvalue weighted by Gasteiger charge is 2.34. The number of nitrogens with one attached hydrogen (secondary N) is 1. The number of hydrogen-bond donors (Lipinski definition) is 1. The highest BCUT2D eigenvalue weighted by atomic mass is 35.5. The number of anilines is 1. The van der Waals surface area contributed by atoms with Crippen LogP contribution >= 0.6 is 23.4 Å². The third kappa shape index (κ3) is 6.03. The molecule has 0 aromatic heterocycles. The van der Waals surface area contributed by atoms with Crippen molar-refractivity contribution < 1.29 is 19.1 Å². The predicted molar refractivity (Wildman–Crippen MR) is 130 cm³/mol. The number of carbonyl (C=O) groups excluding carboxylic acids is 3. The molecule has 1 aliphatic heterocycles. The van der Waals surface area contributed by atoms with Gasteiger partial charge in [-0.1, -0.05) is 54.1 Å². The lowest BCUT2D eigenvalue weighted by Crippen LogP contribution is -2.27. The number of para-hydroxylation sites is 1. The zero-order valence-corrected chi connectivity index (χ0v) is 18.9. The number of rotatable bonds is 7. The normalized spacial score (nSPS) is 14.6. The molecule has 0 unspecified atom stereocenters. The number of carbonyl (C=O) groups is 3. The average Bonchev–Trinajstić information content (AvgIpc) is 3.07. The molecule has 4 rings (SSSR count). The van der Waals surface area contributed by atoms with Crippen LogP contribution in [0.2, 0.25) is 5.02 Å². The van der Waals surface area contributed by atoms with E-state index >= 15 is 0 Å². The maximum atomic E-state index is 12.8. The van der Waals surface area contributed by atoms with Crippen LogP contribution in [-0.4, -0.2) is 28.6 Å². The summed E-state index contributed by atoms with van der Waals surface area (Å²) >= 11 is 6.79. The Morgan fingerprint density at radius 2 is 1.76 bits per heavy atom. The Morgan fingerprint density at radius 1 is 1.00 bits per heavy atom. The molecule has 3 aromatic rings. The summed E-state index contributed by atoms with van der Waals surface area (Å²) in [5.74, 6) is -0.157. The van der Waals surface area contributed by atoms with E-state index in [-0.39, 0.29) is 30.2 Å². The fourth-order valence-corrected chi connectivity index (χ4v) is 4.09. The van der Waals surface area contributed by atoms with Crippen molar-refractivity contribution in [2.24, 2.45) is 0 Å². The van der Waals surface area contributed by atoms with Gasteiger partial charge in [0.2, 0.25) is 0 Å². The molecular weight excluding hydrogens is 460 g/mol. The van der Waals surface area contributed by atoms with E-state index in [1.807, 2.05) is 18.2 Å². The summed E-state index contributed by atoms with van der Waals surface area (Å²) < 4.78 is 5.58. The molecule has 3 amide bonds. The number of hydrogen-bond acceptors (Lipinski definition) is 5. The van der Waals surface area contributed by atoms with Crippen LogP contribution in [0.5, 0.6) is 5.75 Å². The summed E-state index contributed by atoms with van der Waals surface area (Å²) in [6.45, 7) is 0.0226. The van der Waals surface area contributed by atoms with E-state index in [2.05, 4.69) is 5.32 Å². The lowest BCUT2D eigenvalue weighted by atomic mass is 10.2. The van der Waals surface area contributed by atoms with Gasteiger partial charge in [-0.2, -0.15) is 0 Å². The fraction of sp³-hybridized carbons (Fsp3) is 0.0800. The van der Waals surface area contributed by atoms with Crippen LogP contribution in [0.4, 0.5) is 10.5 Å². The zero-order valence-electron chi connectivity index (χ0n) is 17.4. The first-order valence-corrected chi connectivity index (χ1v) is 11.2. The van der Waals surface area contributed by atoms with Crippen LogP contribution < -0.4 is 10.1 Å². The van der Waals surface area contributed by atoms with Gasteiger partial charge in [0.15, 0.2) is 6.61 Å². The van der Waals surface area contributed by atoms with Crippen molar-refractivity contribution in [2.45, 2.75) is 6.54 Å². The van der Waals surface area contributed by atoms with Gasteiger partial charge in [-0.15, -0.1) is 0 Å². The number of benzene rings is 3. The fourth-order valence-electron chi connectivity index (χ4n) is 3.12. The Hall–Kier alpha value is -3.55. The topological polar surface area (TPSA) is 75.7 Å². The first-order chi connectivity index (χ1) is 16.0. The molecule has 6 nitrogen and oxygen atoms in total. The van der Waals surface area contributed by atoms with Gasteiger partial charge in [0.1, 0.15) is 5.75 Å². The first-order valence-electron chi connectivity index (χ1n) is 10.1. The highest BCUT2D eigenvalue weighted by molar-refractivity contribution is 8.18. The minimum Gasteiger partial charge on any atom is -0.484 e. The molecule has 0 saturated carbocycles. The summed E-state index contributed by atoms with van der Waals surface area (Å²) in [5, 5.41) is 3.01. The van der Waals surface area contributed by atoms with E-state index in [4.69, 9.17) is 16.3 Å². The summed E-state index contributed by atoms with van der Waals surface area (Å²) in [5.41, 5.74) is 2.19. The Kier molecular flexibility index (Phi) is 7.12. The largest absolute Gasteiger partial charge is 0.484 e. The molecule has 166 valence electrons. The van der Waals surface area contributed by atoms with Gasteiger partial charge in [-0.05, 0) is 65.4 Å². The molecule has 33 heavy (non-hydrogen) atoms. The Bertz CT molecular complexity index is 1210. The number of halogens is 1. The average molecular weight is 479 g/mol. The van der Waals surface area contributed by atoms with Crippen LogP contribution in [0, 0.1) is 0 Å². The van der Waals surface area contributed by atoms with E-state index < -0.39 is 0 Å². The Morgan fingerprint density at radius 3 is 2.52 bits per heavy atom. The molecule has 1 heterocycles. The third-order valence-corrected chi connectivity index (χ3v) is 5.87. The van der Waals surface area contributed by atoms with Gasteiger partial charge in [-0.25, -0.2) is 0 Å². The molecule has 0 spiro atoms. The van der Waals surface area contributed by atoms with E-state index in [1.165, 1.54) is 4.90 Å². The predicted octanol–water partition coefficient (Wildman–Crippen LogP) is 5.59. The van der Waals surface area contributed by atoms with Crippen LogP contribution in [0.1, 0.15) is 11.1 Å². The summed E-state index contributed by atoms with van der Waals surface area (Å²) in [6.07, 6.45) is 1.64. The molecule has 0 radical (unpaired) electrons. The number of thioether (sulfide) groups is 1. The molecule has 0 atom stereocenters. The standard InChI is InChI=1S/C25H19ClN2O4S/c26-19-11-9-17(10-12-19)15-28-24(30)22(33-25(28)31)14-18-5-4-8-21(13-18)32-16-23(29)27-20-6-2-1-3-7-20/h1-14H,15-16H2,(H,27,29)/b22-14-. The number of imide groups is 1. The molecule has 1 fully saturated rings. The van der Waals surface area contributed by atoms with Crippen molar-refractivity contribution in [3.8, 4) is 5.75 Å². The van der Waals surface area contributed by atoms with Gasteiger partial charge in [0, 0.05) is 10.7 Å². The number of nitrogens with zero attached hydrogens (tertiary/aromatic N) is 1. The lowest BCUT2D eigenvalue weighted by molar-refractivity contribution is -0.123. The Balaban J connectivity index is 1.39. The van der Waals surface area contributed by atoms with Crippen LogP contribution in [0.3, 0.4) is 0 Å². The molecule has 1 aliphatic rings. The molecule has 1 N–H and O–H groups in total. The third-order valence-electron chi connectivity index (χ3n) is 4.71. The monoisotopic (exact) mass is 478 g/mol. The highest BCUT2D eigenvalue weighted by Crippen LogP contribution is 2.33. The van der Waals surface area contributed by atoms with E-state index in [9.17, 15) is 14.4 Å². The minimum atomic E-state index is -0.353. The smallest absolute Gasteiger partial charge is 0.293 e. The molecular formula is C25H19ClN2O4S. The van der Waals surface area contributed by atoms with Crippen molar-refractivity contribution in [3.05, 3.63) is 99.9 Å². The van der Waals surface area contributed by atoms with Crippen molar-refractivity contribution >= 4 is 52.2 Å². The quantitative estimate of drug-likeness (QED) is 0.448. The zero-order chi connectivity index (χ0) is 23.2. The van der Waals surface area contributed by atoms with Gasteiger partial charge in [0.25, 0.3) is 17.1 Å².